The SMILES string of the molecule is CCOC(=O)C1=C(C)S/C(=C2/SC=C(C)S2)S1. The van der Waals surface area contributed by atoms with Crippen molar-refractivity contribution in [3.8, 4) is 0 Å². The molecule has 0 spiro atoms. The van der Waals surface area contributed by atoms with Gasteiger partial charge in [0, 0.05) is 4.91 Å². The van der Waals surface area contributed by atoms with Gasteiger partial charge >= 0.3 is 5.97 Å². The molecule has 0 atom stereocenters. The summed E-state index contributed by atoms with van der Waals surface area (Å²) in [4.78, 5) is 14.8. The Kier molecular flexibility index (Phi) is 4.63. The fourth-order valence-corrected chi connectivity index (χ4v) is 6.24. The number of hydrogen-bond donors (Lipinski definition) is 0. The second-order valence-corrected chi connectivity index (χ2v) is 8.23. The van der Waals surface area contributed by atoms with Crippen molar-refractivity contribution in [2.24, 2.45) is 0 Å². The summed E-state index contributed by atoms with van der Waals surface area (Å²) in [6.07, 6.45) is 0. The number of esters is 1. The first kappa shape index (κ1) is 13.5. The molecule has 2 aliphatic heterocycles. The molecule has 0 aromatic carbocycles. The predicted molar refractivity (Wildman–Crippen MR) is 80.5 cm³/mol. The number of carbonyl (C=O) groups is 1. The highest BCUT2D eigenvalue weighted by Gasteiger charge is 2.28. The minimum absolute atomic E-state index is 0.198. The third-order valence-corrected chi connectivity index (χ3v) is 7.49. The summed E-state index contributed by atoms with van der Waals surface area (Å²) in [6.45, 7) is 6.33. The van der Waals surface area contributed by atoms with Crippen LogP contribution in [-0.4, -0.2) is 12.6 Å². The molecule has 0 fully saturated rings. The van der Waals surface area contributed by atoms with Crippen molar-refractivity contribution in [3.63, 3.8) is 0 Å². The van der Waals surface area contributed by atoms with Gasteiger partial charge in [0.1, 0.15) is 4.91 Å². The molecule has 2 aliphatic rings. The first-order chi connectivity index (χ1) is 8.11. The van der Waals surface area contributed by atoms with E-state index in [1.54, 1.807) is 35.3 Å². The molecule has 0 saturated heterocycles. The van der Waals surface area contributed by atoms with E-state index in [9.17, 15) is 4.79 Å². The number of thioether (sulfide) groups is 4. The van der Waals surface area contributed by atoms with Gasteiger partial charge in [-0.1, -0.05) is 47.0 Å². The third kappa shape index (κ3) is 3.10. The van der Waals surface area contributed by atoms with Crippen LogP contribution in [0, 0.1) is 0 Å². The van der Waals surface area contributed by atoms with E-state index in [4.69, 9.17) is 4.74 Å². The average molecular weight is 304 g/mol. The molecule has 0 bridgehead atoms. The van der Waals surface area contributed by atoms with Crippen molar-refractivity contribution in [2.75, 3.05) is 6.61 Å². The molecule has 2 heterocycles. The summed E-state index contributed by atoms with van der Waals surface area (Å²) >= 11 is 6.72. The third-order valence-electron chi connectivity index (χ3n) is 1.97. The van der Waals surface area contributed by atoms with Crippen LogP contribution in [0.25, 0.3) is 0 Å². The number of allylic oxidation sites excluding steroid dienone is 2. The van der Waals surface area contributed by atoms with Gasteiger partial charge in [0.15, 0.2) is 0 Å². The van der Waals surface area contributed by atoms with Crippen LogP contribution in [0.3, 0.4) is 0 Å². The van der Waals surface area contributed by atoms with E-state index >= 15 is 0 Å². The lowest BCUT2D eigenvalue weighted by molar-refractivity contribution is -0.137. The first-order valence-corrected chi connectivity index (χ1v) is 8.44. The molecule has 6 heteroatoms. The van der Waals surface area contributed by atoms with E-state index in [1.807, 2.05) is 13.8 Å². The molecule has 0 aliphatic carbocycles. The van der Waals surface area contributed by atoms with E-state index < -0.39 is 0 Å². The van der Waals surface area contributed by atoms with Crippen LogP contribution >= 0.6 is 47.0 Å². The normalized spacial score (nSPS) is 24.3. The predicted octanol–water partition coefficient (Wildman–Crippen LogP) is 4.73. The quantitative estimate of drug-likeness (QED) is 0.684. The van der Waals surface area contributed by atoms with Gasteiger partial charge in [0.05, 0.1) is 15.1 Å². The molecule has 0 unspecified atom stereocenters. The van der Waals surface area contributed by atoms with E-state index in [0.717, 1.165) is 9.81 Å². The van der Waals surface area contributed by atoms with Crippen molar-refractivity contribution in [1.29, 1.82) is 0 Å². The fraction of sp³-hybridized carbons (Fsp3) is 0.364. The zero-order valence-corrected chi connectivity index (χ0v) is 13.0. The monoisotopic (exact) mass is 304 g/mol. The number of hydrogen-bond acceptors (Lipinski definition) is 6. The summed E-state index contributed by atoms with van der Waals surface area (Å²) in [5, 5.41) is 2.14. The lowest BCUT2D eigenvalue weighted by Gasteiger charge is -2.02. The minimum atomic E-state index is -0.198. The highest BCUT2D eigenvalue weighted by atomic mass is 32.2. The Hall–Kier alpha value is 0.0900. The maximum Gasteiger partial charge on any atom is 0.345 e. The van der Waals surface area contributed by atoms with Crippen LogP contribution < -0.4 is 0 Å². The molecule has 0 N–H and O–H groups in total. The van der Waals surface area contributed by atoms with Gasteiger partial charge in [-0.05, 0) is 31.1 Å². The van der Waals surface area contributed by atoms with Crippen LogP contribution in [0.4, 0.5) is 0 Å². The summed E-state index contributed by atoms with van der Waals surface area (Å²) in [6, 6.07) is 0. The van der Waals surface area contributed by atoms with E-state index in [2.05, 4.69) is 12.3 Å². The van der Waals surface area contributed by atoms with Gasteiger partial charge in [0.25, 0.3) is 0 Å². The molecular formula is C11H12O2S4. The van der Waals surface area contributed by atoms with Crippen molar-refractivity contribution in [2.45, 2.75) is 20.8 Å². The Bertz CT molecular complexity index is 448. The van der Waals surface area contributed by atoms with Crippen LogP contribution in [0.5, 0.6) is 0 Å². The second-order valence-electron chi connectivity index (χ2n) is 3.33. The Morgan fingerprint density at radius 1 is 1.24 bits per heavy atom. The van der Waals surface area contributed by atoms with Gasteiger partial charge in [-0.25, -0.2) is 4.79 Å². The van der Waals surface area contributed by atoms with Gasteiger partial charge < -0.3 is 4.74 Å². The zero-order chi connectivity index (χ0) is 12.4. The Morgan fingerprint density at radius 2 is 2.00 bits per heavy atom. The largest absolute Gasteiger partial charge is 0.462 e. The molecule has 0 amide bonds. The average Bonchev–Trinajstić information content (AvgIpc) is 2.85. The van der Waals surface area contributed by atoms with E-state index in [0.29, 0.717) is 6.61 Å². The molecular weight excluding hydrogens is 292 g/mol. The molecule has 0 aromatic rings. The molecule has 2 nitrogen and oxygen atoms in total. The van der Waals surface area contributed by atoms with Crippen molar-refractivity contribution in [1.82, 2.24) is 0 Å². The van der Waals surface area contributed by atoms with Crippen LogP contribution in [0.2, 0.25) is 0 Å². The maximum absolute atomic E-state index is 11.7. The summed E-state index contributed by atoms with van der Waals surface area (Å²) in [5.74, 6) is -0.198. The molecule has 92 valence electrons. The number of ether oxygens (including phenoxy) is 1. The van der Waals surface area contributed by atoms with Crippen molar-refractivity contribution >= 4 is 53.0 Å². The highest BCUT2D eigenvalue weighted by molar-refractivity contribution is 8.34. The highest BCUT2D eigenvalue weighted by Crippen LogP contribution is 2.57. The summed E-state index contributed by atoms with van der Waals surface area (Å²) < 4.78 is 7.52. The fourth-order valence-electron chi connectivity index (χ4n) is 1.26. The molecule has 17 heavy (non-hydrogen) atoms. The summed E-state index contributed by atoms with van der Waals surface area (Å²) in [7, 11) is 0. The van der Waals surface area contributed by atoms with E-state index in [1.165, 1.54) is 25.1 Å². The van der Waals surface area contributed by atoms with Gasteiger partial charge in [-0.2, -0.15) is 0 Å². The molecule has 0 aromatic heterocycles. The van der Waals surface area contributed by atoms with Crippen LogP contribution in [-0.2, 0) is 9.53 Å². The topological polar surface area (TPSA) is 26.3 Å². The first-order valence-electron chi connectivity index (χ1n) is 5.11. The Balaban J connectivity index is 2.10. The molecule has 2 rings (SSSR count). The number of rotatable bonds is 2. The number of carbonyl (C=O) groups excluding carboxylic acids is 1. The lowest BCUT2D eigenvalue weighted by atomic mass is 10.5. The lowest BCUT2D eigenvalue weighted by Crippen LogP contribution is -2.04. The van der Waals surface area contributed by atoms with E-state index in [-0.39, 0.29) is 5.97 Å². The molecule has 0 radical (unpaired) electrons. The summed E-state index contributed by atoms with van der Waals surface area (Å²) in [5.41, 5.74) is 0. The minimum Gasteiger partial charge on any atom is -0.462 e. The van der Waals surface area contributed by atoms with Gasteiger partial charge in [-0.15, -0.1) is 0 Å². The van der Waals surface area contributed by atoms with Crippen LogP contribution in [0.15, 0.2) is 28.6 Å². The van der Waals surface area contributed by atoms with Crippen LogP contribution in [0.1, 0.15) is 20.8 Å². The maximum atomic E-state index is 11.7. The van der Waals surface area contributed by atoms with Gasteiger partial charge in [0.2, 0.25) is 0 Å². The smallest absolute Gasteiger partial charge is 0.345 e. The van der Waals surface area contributed by atoms with Crippen molar-refractivity contribution < 1.29 is 9.53 Å². The Labute approximate surface area is 118 Å². The second kappa shape index (κ2) is 5.82. The van der Waals surface area contributed by atoms with Crippen molar-refractivity contribution in [3.05, 3.63) is 28.6 Å². The Morgan fingerprint density at radius 3 is 2.59 bits per heavy atom. The molecule has 0 saturated carbocycles. The standard InChI is InChI=1S/C11H12O2S4/c1-4-13-9(12)8-7(3)16-11(17-8)10-14-5-6(2)15-10/h5H,4H2,1-3H3/b11-10+. The zero-order valence-electron chi connectivity index (χ0n) is 9.73. The van der Waals surface area contributed by atoms with Gasteiger partial charge in [-0.3, -0.25) is 0 Å².